The number of hydrogen-bond donors (Lipinski definition) is 1. The molecule has 0 bridgehead atoms. The van der Waals surface area contributed by atoms with Crippen molar-refractivity contribution >= 4 is 5.97 Å². The number of benzene rings is 1. The molecule has 0 radical (unpaired) electrons. The van der Waals surface area contributed by atoms with E-state index in [1.54, 1.807) is 32.9 Å². The van der Waals surface area contributed by atoms with Gasteiger partial charge in [-0.25, -0.2) is 4.39 Å². The fourth-order valence-electron chi connectivity index (χ4n) is 2.15. The number of carbonyl (C=O) groups excluding carboxylic acids is 1. The molecule has 0 saturated heterocycles. The molecule has 0 aromatic heterocycles. The highest BCUT2D eigenvalue weighted by molar-refractivity contribution is 5.74. The first-order valence-electron chi connectivity index (χ1n) is 6.50. The van der Waals surface area contributed by atoms with E-state index in [2.05, 4.69) is 0 Å². The van der Waals surface area contributed by atoms with E-state index in [9.17, 15) is 14.3 Å². The summed E-state index contributed by atoms with van der Waals surface area (Å²) in [5.41, 5.74) is -0.561. The fourth-order valence-corrected chi connectivity index (χ4v) is 2.15. The third kappa shape index (κ3) is 3.32. The molecule has 3 nitrogen and oxygen atoms in total. The van der Waals surface area contributed by atoms with Crippen LogP contribution in [0.4, 0.5) is 4.39 Å². The van der Waals surface area contributed by atoms with Gasteiger partial charge in [-0.15, -0.1) is 0 Å². The van der Waals surface area contributed by atoms with Crippen molar-refractivity contribution in [2.45, 2.75) is 39.7 Å². The van der Waals surface area contributed by atoms with Gasteiger partial charge in [0, 0.05) is 0 Å². The average Bonchev–Trinajstić information content (AvgIpc) is 2.33. The molecule has 106 valence electrons. The molecule has 0 amide bonds. The van der Waals surface area contributed by atoms with Gasteiger partial charge in [0.25, 0.3) is 0 Å². The normalized spacial score (nSPS) is 15.7. The summed E-state index contributed by atoms with van der Waals surface area (Å²) >= 11 is 0. The van der Waals surface area contributed by atoms with Crippen LogP contribution in [0.3, 0.4) is 0 Å². The predicted octanol–water partition coefficient (Wildman–Crippen LogP) is 2.93. The van der Waals surface area contributed by atoms with E-state index in [0.717, 1.165) is 0 Å². The average molecular weight is 268 g/mol. The van der Waals surface area contributed by atoms with Crippen molar-refractivity contribution in [2.75, 3.05) is 6.61 Å². The van der Waals surface area contributed by atoms with Crippen LogP contribution in [0.25, 0.3) is 0 Å². The van der Waals surface area contributed by atoms with Crippen LogP contribution in [0.5, 0.6) is 0 Å². The minimum atomic E-state index is -1.45. The third-order valence-corrected chi connectivity index (χ3v) is 3.41. The van der Waals surface area contributed by atoms with Crippen molar-refractivity contribution in [3.05, 3.63) is 35.1 Å². The van der Waals surface area contributed by atoms with Gasteiger partial charge in [0.05, 0.1) is 12.5 Å². The topological polar surface area (TPSA) is 46.5 Å². The Morgan fingerprint density at radius 3 is 2.58 bits per heavy atom. The van der Waals surface area contributed by atoms with Crippen molar-refractivity contribution in [3.63, 3.8) is 0 Å². The summed E-state index contributed by atoms with van der Waals surface area (Å²) in [5, 5.41) is 10.6. The molecule has 0 spiro atoms. The van der Waals surface area contributed by atoms with Crippen molar-refractivity contribution in [2.24, 2.45) is 5.92 Å². The van der Waals surface area contributed by atoms with Crippen LogP contribution in [-0.2, 0) is 15.1 Å². The van der Waals surface area contributed by atoms with Gasteiger partial charge in [-0.3, -0.25) is 4.79 Å². The van der Waals surface area contributed by atoms with E-state index in [4.69, 9.17) is 4.74 Å². The van der Waals surface area contributed by atoms with Gasteiger partial charge >= 0.3 is 5.97 Å². The lowest BCUT2D eigenvalue weighted by molar-refractivity contribution is -0.158. The minimum absolute atomic E-state index is 0.258. The van der Waals surface area contributed by atoms with Crippen molar-refractivity contribution < 1.29 is 19.0 Å². The Labute approximate surface area is 113 Å². The Bertz CT molecular complexity index is 455. The number of esters is 1. The molecular weight excluding hydrogens is 247 g/mol. The highest BCUT2D eigenvalue weighted by Crippen LogP contribution is 2.33. The van der Waals surface area contributed by atoms with Crippen LogP contribution in [0.1, 0.15) is 38.3 Å². The van der Waals surface area contributed by atoms with Crippen LogP contribution in [-0.4, -0.2) is 17.7 Å². The second kappa shape index (κ2) is 6.15. The summed E-state index contributed by atoms with van der Waals surface area (Å²) in [7, 11) is 0. The molecule has 1 aromatic carbocycles. The number of aryl methyl sites for hydroxylation is 1. The third-order valence-electron chi connectivity index (χ3n) is 3.41. The van der Waals surface area contributed by atoms with Gasteiger partial charge in [0.2, 0.25) is 0 Å². The summed E-state index contributed by atoms with van der Waals surface area (Å²) in [6.07, 6.45) is 0.418. The number of hydrogen-bond acceptors (Lipinski definition) is 3. The van der Waals surface area contributed by atoms with Crippen LogP contribution in [0, 0.1) is 18.7 Å². The van der Waals surface area contributed by atoms with Gasteiger partial charge in [-0.1, -0.05) is 19.1 Å². The molecule has 19 heavy (non-hydrogen) atoms. The number of ether oxygens (including phenoxy) is 1. The van der Waals surface area contributed by atoms with Gasteiger partial charge in [-0.2, -0.15) is 0 Å². The number of carbonyl (C=O) groups is 1. The van der Waals surface area contributed by atoms with Crippen molar-refractivity contribution in [1.82, 2.24) is 0 Å². The molecule has 0 fully saturated rings. The quantitative estimate of drug-likeness (QED) is 0.835. The molecule has 1 aromatic rings. The Hall–Kier alpha value is -1.42. The lowest BCUT2D eigenvalue weighted by Gasteiger charge is -2.31. The highest BCUT2D eigenvalue weighted by atomic mass is 19.1. The first-order valence-corrected chi connectivity index (χ1v) is 6.50. The van der Waals surface area contributed by atoms with Crippen LogP contribution in [0.2, 0.25) is 0 Å². The molecule has 0 heterocycles. The lowest BCUT2D eigenvalue weighted by atomic mass is 9.81. The summed E-state index contributed by atoms with van der Waals surface area (Å²) in [6, 6.07) is 4.51. The maximum Gasteiger partial charge on any atom is 0.312 e. The van der Waals surface area contributed by atoms with Crippen LogP contribution in [0.15, 0.2) is 18.2 Å². The molecule has 2 atom stereocenters. The summed E-state index contributed by atoms with van der Waals surface area (Å²) in [5.74, 6) is -1.57. The Balaban J connectivity index is 3.12. The minimum Gasteiger partial charge on any atom is -0.466 e. The SMILES string of the molecule is CCOC(=O)C(CC)C(C)(O)c1ccc(C)c(F)c1. The smallest absolute Gasteiger partial charge is 0.312 e. The van der Waals surface area contributed by atoms with Gasteiger partial charge in [-0.05, 0) is 44.4 Å². The first-order chi connectivity index (χ1) is 8.84. The standard InChI is InChI=1S/C15H21FO3/c1-5-12(14(17)19-6-2)15(4,18)11-8-7-10(3)13(16)9-11/h7-9,12,18H,5-6H2,1-4H3. The Kier molecular flexibility index (Phi) is 5.06. The molecule has 0 aliphatic heterocycles. The van der Waals surface area contributed by atoms with Gasteiger partial charge in [0.1, 0.15) is 11.4 Å². The van der Waals surface area contributed by atoms with Crippen LogP contribution < -0.4 is 0 Å². The van der Waals surface area contributed by atoms with Gasteiger partial charge in [0.15, 0.2) is 0 Å². The van der Waals surface area contributed by atoms with Crippen LogP contribution >= 0.6 is 0 Å². The van der Waals surface area contributed by atoms with E-state index in [0.29, 0.717) is 17.5 Å². The summed E-state index contributed by atoms with van der Waals surface area (Å²) < 4.78 is 18.6. The van der Waals surface area contributed by atoms with Gasteiger partial charge < -0.3 is 9.84 Å². The highest BCUT2D eigenvalue weighted by Gasteiger charge is 2.38. The van der Waals surface area contributed by atoms with E-state index < -0.39 is 23.3 Å². The zero-order valence-electron chi connectivity index (χ0n) is 11.9. The monoisotopic (exact) mass is 268 g/mol. The maximum absolute atomic E-state index is 13.6. The second-order valence-electron chi connectivity index (χ2n) is 4.82. The van der Waals surface area contributed by atoms with Crippen molar-refractivity contribution in [1.29, 1.82) is 0 Å². The molecular formula is C15H21FO3. The number of halogens is 1. The number of rotatable bonds is 5. The predicted molar refractivity (Wildman–Crippen MR) is 71.1 cm³/mol. The van der Waals surface area contributed by atoms with E-state index in [1.807, 2.05) is 0 Å². The van der Waals surface area contributed by atoms with E-state index in [1.165, 1.54) is 13.0 Å². The Morgan fingerprint density at radius 1 is 1.47 bits per heavy atom. The molecule has 2 unspecified atom stereocenters. The lowest BCUT2D eigenvalue weighted by Crippen LogP contribution is -2.38. The molecule has 0 aliphatic rings. The van der Waals surface area contributed by atoms with Crippen molar-refractivity contribution in [3.8, 4) is 0 Å². The second-order valence-corrected chi connectivity index (χ2v) is 4.82. The molecule has 0 aliphatic carbocycles. The van der Waals surface area contributed by atoms with E-state index >= 15 is 0 Å². The summed E-state index contributed by atoms with van der Waals surface area (Å²) in [6.45, 7) is 6.93. The largest absolute Gasteiger partial charge is 0.466 e. The molecule has 1 rings (SSSR count). The Morgan fingerprint density at radius 2 is 2.11 bits per heavy atom. The number of aliphatic hydroxyl groups is 1. The zero-order chi connectivity index (χ0) is 14.6. The molecule has 0 saturated carbocycles. The first kappa shape index (κ1) is 15.6. The fraction of sp³-hybridized carbons (Fsp3) is 0.533. The van der Waals surface area contributed by atoms with E-state index in [-0.39, 0.29) is 6.61 Å². The summed E-state index contributed by atoms with van der Waals surface area (Å²) in [4.78, 5) is 11.9. The molecule has 1 N–H and O–H groups in total. The molecule has 4 heteroatoms. The zero-order valence-corrected chi connectivity index (χ0v) is 11.9. The maximum atomic E-state index is 13.6.